The number of rotatable bonds is 4. The van der Waals surface area contributed by atoms with E-state index < -0.39 is 0 Å². The summed E-state index contributed by atoms with van der Waals surface area (Å²) in [7, 11) is 0. The molecule has 0 atom stereocenters. The Morgan fingerprint density at radius 3 is 0.982 bits per heavy atom. The van der Waals surface area contributed by atoms with E-state index >= 15 is 0 Å². The third kappa shape index (κ3) is 4.61. The SMILES string of the molecule is c1cc2ccc3ccc(-c4ccc(-c5ccc6sc7ccc(-c8ccc(-c9ccc%10ccc%11cccc%12ccc9c%10c%11%12)cc8)cc7c6c5)cc4)c4ccc(c1)c2c34. The normalized spacial score (nSPS) is 12.2. The van der Waals surface area contributed by atoms with E-state index in [1.54, 1.807) is 0 Å². The lowest BCUT2D eigenvalue weighted by molar-refractivity contribution is 1.63. The van der Waals surface area contributed by atoms with Gasteiger partial charge in [0.2, 0.25) is 0 Å². The van der Waals surface area contributed by atoms with Crippen molar-refractivity contribution in [1.29, 1.82) is 0 Å². The maximum absolute atomic E-state index is 2.39. The highest BCUT2D eigenvalue weighted by Gasteiger charge is 2.15. The molecule has 0 aliphatic carbocycles. The second-order valence-corrected chi connectivity index (χ2v) is 16.7. The number of benzene rings is 12. The Balaban J connectivity index is 0.847. The Kier molecular flexibility index (Phi) is 6.41. The van der Waals surface area contributed by atoms with Crippen LogP contribution < -0.4 is 0 Å². The van der Waals surface area contributed by atoms with Gasteiger partial charge in [0.1, 0.15) is 0 Å². The predicted molar refractivity (Wildman–Crippen MR) is 248 cm³/mol. The Morgan fingerprint density at radius 1 is 0.228 bits per heavy atom. The van der Waals surface area contributed by atoms with Gasteiger partial charge in [-0.15, -0.1) is 11.3 Å². The third-order valence-electron chi connectivity index (χ3n) is 12.6. The van der Waals surface area contributed by atoms with E-state index in [0.29, 0.717) is 0 Å². The van der Waals surface area contributed by atoms with Crippen molar-refractivity contribution >= 4 is 96.1 Å². The average Bonchev–Trinajstić information content (AvgIpc) is 3.65. The van der Waals surface area contributed by atoms with E-state index in [9.17, 15) is 0 Å². The van der Waals surface area contributed by atoms with Crippen molar-refractivity contribution in [2.24, 2.45) is 0 Å². The molecule has 13 rings (SSSR count). The number of hydrogen-bond donors (Lipinski definition) is 0. The molecule has 0 radical (unpaired) electrons. The predicted octanol–water partition coefficient (Wildman–Crippen LogP) is 16.5. The summed E-state index contributed by atoms with van der Waals surface area (Å²) in [4.78, 5) is 0. The van der Waals surface area contributed by atoms with E-state index in [1.807, 2.05) is 11.3 Å². The zero-order valence-corrected chi connectivity index (χ0v) is 31.7. The molecule has 12 aromatic carbocycles. The van der Waals surface area contributed by atoms with E-state index in [4.69, 9.17) is 0 Å². The smallest absolute Gasteiger partial charge is 0.0355 e. The van der Waals surface area contributed by atoms with Crippen LogP contribution in [0.15, 0.2) is 194 Å². The maximum Gasteiger partial charge on any atom is 0.0355 e. The minimum absolute atomic E-state index is 1.23. The fourth-order valence-electron chi connectivity index (χ4n) is 9.80. The lowest BCUT2D eigenvalue weighted by Crippen LogP contribution is -1.87. The van der Waals surface area contributed by atoms with Crippen LogP contribution in [0.2, 0.25) is 0 Å². The van der Waals surface area contributed by atoms with E-state index in [-0.39, 0.29) is 0 Å². The molecule has 0 saturated heterocycles. The first-order chi connectivity index (χ1) is 28.2. The molecule has 0 nitrogen and oxygen atoms in total. The van der Waals surface area contributed by atoms with Crippen molar-refractivity contribution in [3.63, 3.8) is 0 Å². The van der Waals surface area contributed by atoms with Gasteiger partial charge in [0, 0.05) is 20.2 Å². The minimum Gasteiger partial charge on any atom is -0.135 e. The Morgan fingerprint density at radius 2 is 0.561 bits per heavy atom. The highest BCUT2D eigenvalue weighted by Crippen LogP contribution is 2.43. The molecule has 13 aromatic rings. The van der Waals surface area contributed by atoms with Crippen LogP contribution in [-0.2, 0) is 0 Å². The molecule has 1 heterocycles. The van der Waals surface area contributed by atoms with Crippen molar-refractivity contribution in [2.75, 3.05) is 0 Å². The van der Waals surface area contributed by atoms with Gasteiger partial charge in [-0.1, -0.05) is 170 Å². The molecule has 0 N–H and O–H groups in total. The Bertz CT molecular complexity index is 3440. The molecule has 0 aliphatic rings. The van der Waals surface area contributed by atoms with Crippen molar-refractivity contribution < 1.29 is 0 Å². The largest absolute Gasteiger partial charge is 0.135 e. The fourth-order valence-corrected chi connectivity index (χ4v) is 10.9. The summed E-state index contributed by atoms with van der Waals surface area (Å²) >= 11 is 1.88. The number of thiophene rings is 1. The standard InChI is InChI=1S/C56H32S/c1-3-37-15-17-41-19-25-45(47-27-21-39(5-1)53(37)55(41)47)35-11-7-33(8-12-35)43-23-29-51-49(31-43)50-32-44(24-30-52(50)57-51)34-9-13-36(14-10-34)46-26-20-42-18-16-38-4-2-6-40-22-28-48(46)56(42)54(38)40/h1-32H. The van der Waals surface area contributed by atoms with Gasteiger partial charge in [-0.05, 0) is 133 Å². The first kappa shape index (κ1) is 31.2. The second kappa shape index (κ2) is 11.7. The molecule has 0 fully saturated rings. The van der Waals surface area contributed by atoms with Crippen LogP contribution in [0.5, 0.6) is 0 Å². The molecule has 262 valence electrons. The lowest BCUT2D eigenvalue weighted by atomic mass is 9.89. The van der Waals surface area contributed by atoms with Gasteiger partial charge >= 0.3 is 0 Å². The molecular weight excluding hydrogens is 705 g/mol. The highest BCUT2D eigenvalue weighted by atomic mass is 32.1. The molecular formula is C56H32S. The zero-order valence-electron chi connectivity index (χ0n) is 30.9. The van der Waals surface area contributed by atoms with Crippen molar-refractivity contribution in [3.05, 3.63) is 194 Å². The second-order valence-electron chi connectivity index (χ2n) is 15.6. The molecule has 0 bridgehead atoms. The van der Waals surface area contributed by atoms with Gasteiger partial charge in [-0.25, -0.2) is 0 Å². The lowest BCUT2D eigenvalue weighted by Gasteiger charge is -2.14. The Hall–Kier alpha value is -7.06. The summed E-state index contributed by atoms with van der Waals surface area (Å²) in [5.74, 6) is 0. The average molecular weight is 737 g/mol. The van der Waals surface area contributed by atoms with Crippen LogP contribution in [0.4, 0.5) is 0 Å². The van der Waals surface area contributed by atoms with Gasteiger partial charge in [-0.2, -0.15) is 0 Å². The molecule has 0 unspecified atom stereocenters. The summed E-state index contributed by atoms with van der Waals surface area (Å²) in [6.45, 7) is 0. The molecule has 0 amide bonds. The van der Waals surface area contributed by atoms with Crippen LogP contribution >= 0.6 is 11.3 Å². The fraction of sp³-hybridized carbons (Fsp3) is 0. The summed E-state index contributed by atoms with van der Waals surface area (Å²) in [5, 5.41) is 18.5. The van der Waals surface area contributed by atoms with Gasteiger partial charge in [-0.3, -0.25) is 0 Å². The van der Waals surface area contributed by atoms with Gasteiger partial charge in [0.25, 0.3) is 0 Å². The third-order valence-corrected chi connectivity index (χ3v) is 13.7. The van der Waals surface area contributed by atoms with Crippen LogP contribution in [-0.4, -0.2) is 0 Å². The summed E-state index contributed by atoms with van der Waals surface area (Å²) in [5.41, 5.74) is 10.0. The van der Waals surface area contributed by atoms with Crippen LogP contribution in [0.3, 0.4) is 0 Å². The van der Waals surface area contributed by atoms with Gasteiger partial charge < -0.3 is 0 Å². The topological polar surface area (TPSA) is 0 Å². The molecule has 0 saturated carbocycles. The first-order valence-corrected chi connectivity index (χ1v) is 20.5. The van der Waals surface area contributed by atoms with Gasteiger partial charge in [0.15, 0.2) is 0 Å². The maximum atomic E-state index is 2.39. The zero-order chi connectivity index (χ0) is 37.2. The van der Waals surface area contributed by atoms with Crippen LogP contribution in [0.25, 0.3) is 129 Å². The van der Waals surface area contributed by atoms with Crippen LogP contribution in [0.1, 0.15) is 0 Å². The molecule has 57 heavy (non-hydrogen) atoms. The molecule has 1 heteroatoms. The minimum atomic E-state index is 1.23. The Labute approximate surface area is 333 Å². The number of fused-ring (bicyclic) bond motifs is 3. The summed E-state index contributed by atoms with van der Waals surface area (Å²) < 4.78 is 2.64. The summed E-state index contributed by atoms with van der Waals surface area (Å²) in [6.07, 6.45) is 0. The summed E-state index contributed by atoms with van der Waals surface area (Å²) in [6, 6.07) is 72.8. The van der Waals surface area contributed by atoms with E-state index in [0.717, 1.165) is 0 Å². The molecule has 1 aromatic heterocycles. The molecule has 0 aliphatic heterocycles. The van der Waals surface area contributed by atoms with E-state index in [1.165, 1.54) is 129 Å². The molecule has 0 spiro atoms. The monoisotopic (exact) mass is 736 g/mol. The first-order valence-electron chi connectivity index (χ1n) is 19.7. The highest BCUT2D eigenvalue weighted by molar-refractivity contribution is 7.25. The van der Waals surface area contributed by atoms with Crippen molar-refractivity contribution in [3.8, 4) is 44.5 Å². The van der Waals surface area contributed by atoms with Crippen molar-refractivity contribution in [2.45, 2.75) is 0 Å². The van der Waals surface area contributed by atoms with E-state index in [2.05, 4.69) is 194 Å². The number of hydrogen-bond acceptors (Lipinski definition) is 1. The van der Waals surface area contributed by atoms with Crippen LogP contribution in [0, 0.1) is 0 Å². The quantitative estimate of drug-likeness (QED) is 0.158. The van der Waals surface area contributed by atoms with Gasteiger partial charge in [0.05, 0.1) is 0 Å². The van der Waals surface area contributed by atoms with Crippen molar-refractivity contribution in [1.82, 2.24) is 0 Å².